The standard InChI is InChI=1S/C35H28BrClF4N6O6S/c1-52-23-5-2-18(3-6-23)10-11-54(50,51)45-32-30-25(37)8-9-27(31(30)46(44-32)17-29(40)41)47-33(43-26-15-20(36)4-7-24(26)34(47)48)28(53-35(42)49)14-19-12-21(38)16-22(39)13-19/h2-9,12-13,15-16,28-29H,10-11,14,17H2,1H3,(H2,42,49)(H,44,45). The van der Waals surface area contributed by atoms with Crippen LogP contribution in [0.3, 0.4) is 0 Å². The summed E-state index contributed by atoms with van der Waals surface area (Å²) in [6.45, 7) is -1.07. The number of anilines is 1. The lowest BCUT2D eigenvalue weighted by Crippen LogP contribution is -2.30. The number of rotatable bonds is 13. The number of nitrogens with zero attached hydrogens (tertiary/aromatic N) is 4. The molecule has 0 spiro atoms. The lowest BCUT2D eigenvalue weighted by atomic mass is 10.1. The van der Waals surface area contributed by atoms with Crippen LogP contribution in [0.4, 0.5) is 28.2 Å². The van der Waals surface area contributed by atoms with Gasteiger partial charge in [0.25, 0.3) is 12.0 Å². The SMILES string of the molecule is COc1ccc(CCS(=O)(=O)Nc2nn(CC(F)F)c3c(-n4c(C(Cc5cc(F)cc(F)c5)OC(N)=O)nc5cc(Br)ccc5c4=O)ccc(Cl)c23)cc1. The maximum atomic E-state index is 14.5. The molecule has 0 bridgehead atoms. The molecule has 6 aromatic rings. The Labute approximate surface area is 317 Å². The number of carbonyl (C=O) groups excluding carboxylic acids is 1. The summed E-state index contributed by atoms with van der Waals surface area (Å²) < 4.78 is 98.6. The molecule has 0 radical (unpaired) electrons. The van der Waals surface area contributed by atoms with E-state index in [4.69, 9.17) is 26.8 Å². The molecule has 2 heterocycles. The minimum absolute atomic E-state index is 0.00998. The molecular formula is C35H28BrClF4N6O6S. The third-order valence-electron chi connectivity index (χ3n) is 8.19. The van der Waals surface area contributed by atoms with E-state index in [-0.39, 0.29) is 50.3 Å². The molecule has 2 aromatic heterocycles. The van der Waals surface area contributed by atoms with Gasteiger partial charge in [-0.3, -0.25) is 18.8 Å². The van der Waals surface area contributed by atoms with Gasteiger partial charge in [0.2, 0.25) is 10.0 Å². The second kappa shape index (κ2) is 15.6. The number of nitrogens with two attached hydrogens (primary N) is 1. The zero-order valence-electron chi connectivity index (χ0n) is 27.9. The summed E-state index contributed by atoms with van der Waals surface area (Å²) in [7, 11) is -2.70. The zero-order chi connectivity index (χ0) is 38.9. The van der Waals surface area contributed by atoms with Crippen molar-refractivity contribution in [2.45, 2.75) is 31.9 Å². The Balaban J connectivity index is 1.55. The highest BCUT2D eigenvalue weighted by atomic mass is 79.9. The molecule has 282 valence electrons. The maximum Gasteiger partial charge on any atom is 0.405 e. The van der Waals surface area contributed by atoms with Crippen LogP contribution in [0.2, 0.25) is 5.02 Å². The summed E-state index contributed by atoms with van der Waals surface area (Å²) in [6.07, 6.45) is -6.32. The summed E-state index contributed by atoms with van der Waals surface area (Å²) in [5.74, 6) is -2.47. The number of hydrogen-bond donors (Lipinski definition) is 2. The van der Waals surface area contributed by atoms with Crippen LogP contribution in [0.15, 0.2) is 82.1 Å². The number of halogens is 6. The van der Waals surface area contributed by atoms with Gasteiger partial charge in [0.15, 0.2) is 17.7 Å². The normalized spacial score (nSPS) is 12.4. The van der Waals surface area contributed by atoms with Gasteiger partial charge < -0.3 is 15.2 Å². The first-order valence-corrected chi connectivity index (χ1v) is 18.7. The van der Waals surface area contributed by atoms with Gasteiger partial charge in [-0.15, -0.1) is 0 Å². The molecule has 0 aliphatic carbocycles. The van der Waals surface area contributed by atoms with Crippen molar-refractivity contribution in [3.8, 4) is 11.4 Å². The number of carbonyl (C=O) groups is 1. The Morgan fingerprint density at radius 2 is 1.72 bits per heavy atom. The lowest BCUT2D eigenvalue weighted by Gasteiger charge is -2.22. The van der Waals surface area contributed by atoms with Gasteiger partial charge in [-0.05, 0) is 72.1 Å². The summed E-state index contributed by atoms with van der Waals surface area (Å²) in [5, 5.41) is 3.94. The molecule has 0 fully saturated rings. The quantitative estimate of drug-likeness (QED) is 0.117. The topological polar surface area (TPSA) is 160 Å². The van der Waals surface area contributed by atoms with Crippen molar-refractivity contribution in [1.82, 2.24) is 19.3 Å². The van der Waals surface area contributed by atoms with Gasteiger partial charge in [-0.1, -0.05) is 39.7 Å². The highest BCUT2D eigenvalue weighted by Gasteiger charge is 2.29. The number of primary amides is 1. The molecule has 4 aromatic carbocycles. The molecule has 0 aliphatic heterocycles. The van der Waals surface area contributed by atoms with Crippen LogP contribution in [-0.2, 0) is 34.1 Å². The number of amides is 1. The first-order chi connectivity index (χ1) is 25.6. The van der Waals surface area contributed by atoms with Crippen LogP contribution < -0.4 is 20.8 Å². The van der Waals surface area contributed by atoms with Crippen molar-refractivity contribution in [1.29, 1.82) is 0 Å². The van der Waals surface area contributed by atoms with Crippen LogP contribution >= 0.6 is 27.5 Å². The third-order valence-corrected chi connectivity index (χ3v) is 10.2. The zero-order valence-corrected chi connectivity index (χ0v) is 31.1. The van der Waals surface area contributed by atoms with Gasteiger partial charge in [0.05, 0.1) is 45.4 Å². The summed E-state index contributed by atoms with van der Waals surface area (Å²) in [5.41, 5.74) is 5.00. The first-order valence-electron chi connectivity index (χ1n) is 15.9. The molecule has 0 saturated carbocycles. The number of benzene rings is 4. The number of fused-ring (bicyclic) bond motifs is 2. The Bertz CT molecular complexity index is 2550. The predicted octanol–water partition coefficient (Wildman–Crippen LogP) is 7.07. The largest absolute Gasteiger partial charge is 0.497 e. The van der Waals surface area contributed by atoms with Gasteiger partial charge in [0, 0.05) is 17.0 Å². The minimum Gasteiger partial charge on any atom is -0.497 e. The monoisotopic (exact) mass is 850 g/mol. The van der Waals surface area contributed by atoms with E-state index in [1.54, 1.807) is 30.3 Å². The molecule has 0 aliphatic rings. The summed E-state index contributed by atoms with van der Waals surface area (Å²) >= 11 is 9.94. The second-order valence-corrected chi connectivity index (χ2v) is 15.1. The van der Waals surface area contributed by atoms with Crippen LogP contribution in [0.5, 0.6) is 5.75 Å². The van der Waals surface area contributed by atoms with E-state index in [1.807, 2.05) is 0 Å². The fourth-order valence-corrected chi connectivity index (χ4v) is 7.55. The number of alkyl halides is 2. The van der Waals surface area contributed by atoms with Crippen LogP contribution in [0.1, 0.15) is 23.1 Å². The number of sulfonamides is 1. The second-order valence-electron chi connectivity index (χ2n) is 11.9. The number of ether oxygens (including phenoxy) is 2. The summed E-state index contributed by atoms with van der Waals surface area (Å²) in [4.78, 5) is 31.3. The fraction of sp³-hybridized carbons (Fsp3) is 0.200. The predicted molar refractivity (Wildman–Crippen MR) is 197 cm³/mol. The van der Waals surface area contributed by atoms with E-state index >= 15 is 0 Å². The van der Waals surface area contributed by atoms with E-state index in [9.17, 15) is 35.6 Å². The Kier molecular flexibility index (Phi) is 11.2. The van der Waals surface area contributed by atoms with Crippen molar-refractivity contribution in [3.63, 3.8) is 0 Å². The number of hydrogen-bond acceptors (Lipinski definition) is 8. The molecule has 54 heavy (non-hydrogen) atoms. The van der Waals surface area contributed by atoms with Crippen molar-refractivity contribution in [3.05, 3.63) is 121 Å². The molecule has 3 N–H and O–H groups in total. The summed E-state index contributed by atoms with van der Waals surface area (Å²) in [6, 6.07) is 16.4. The van der Waals surface area contributed by atoms with Gasteiger partial charge in [0.1, 0.15) is 23.9 Å². The highest BCUT2D eigenvalue weighted by molar-refractivity contribution is 9.10. The van der Waals surface area contributed by atoms with E-state index < -0.39 is 70.4 Å². The molecule has 1 amide bonds. The van der Waals surface area contributed by atoms with Crippen LogP contribution in [0.25, 0.3) is 27.5 Å². The van der Waals surface area contributed by atoms with E-state index in [0.29, 0.717) is 21.9 Å². The van der Waals surface area contributed by atoms with Crippen molar-refractivity contribution < 1.29 is 40.2 Å². The minimum atomic E-state index is -4.19. The maximum absolute atomic E-state index is 14.5. The number of methoxy groups -OCH3 is 1. The Morgan fingerprint density at radius 1 is 1.02 bits per heavy atom. The van der Waals surface area contributed by atoms with Gasteiger partial charge >= 0.3 is 6.09 Å². The molecule has 0 saturated heterocycles. The Hall–Kier alpha value is -5.20. The van der Waals surface area contributed by atoms with E-state index in [0.717, 1.165) is 21.4 Å². The third kappa shape index (κ3) is 8.45. The van der Waals surface area contributed by atoms with Crippen LogP contribution in [0, 0.1) is 11.6 Å². The van der Waals surface area contributed by atoms with Crippen molar-refractivity contribution >= 4 is 71.3 Å². The smallest absolute Gasteiger partial charge is 0.405 e. The number of nitrogens with one attached hydrogen (secondary N) is 1. The molecule has 1 atom stereocenters. The molecule has 19 heteroatoms. The van der Waals surface area contributed by atoms with Gasteiger partial charge in [-0.25, -0.2) is 35.8 Å². The lowest BCUT2D eigenvalue weighted by molar-refractivity contribution is 0.0999. The van der Waals surface area contributed by atoms with Crippen molar-refractivity contribution in [2.75, 3.05) is 17.6 Å². The fourth-order valence-electron chi connectivity index (χ4n) is 5.91. The first kappa shape index (κ1) is 38.5. The van der Waals surface area contributed by atoms with Gasteiger partial charge in [-0.2, -0.15) is 5.10 Å². The number of aromatic nitrogens is 4. The van der Waals surface area contributed by atoms with Crippen molar-refractivity contribution in [2.24, 2.45) is 5.73 Å². The average molecular weight is 852 g/mol. The average Bonchev–Trinajstić information content (AvgIpc) is 3.43. The molecular weight excluding hydrogens is 824 g/mol. The molecule has 12 nitrogen and oxygen atoms in total. The Morgan fingerprint density at radius 3 is 2.37 bits per heavy atom. The molecule has 1 unspecified atom stereocenters. The highest BCUT2D eigenvalue weighted by Crippen LogP contribution is 2.37. The van der Waals surface area contributed by atoms with E-state index in [2.05, 4.69) is 30.7 Å². The van der Waals surface area contributed by atoms with Crippen LogP contribution in [-0.4, -0.2) is 53.1 Å². The van der Waals surface area contributed by atoms with E-state index in [1.165, 1.54) is 31.4 Å². The number of aryl methyl sites for hydroxylation is 1. The molecule has 6 rings (SSSR count).